The zero-order valence-electron chi connectivity index (χ0n) is 15.2. The van der Waals surface area contributed by atoms with E-state index in [4.69, 9.17) is 17.0 Å². The highest BCUT2D eigenvalue weighted by Gasteiger charge is 2.43. The van der Waals surface area contributed by atoms with Crippen LogP contribution in [0.2, 0.25) is 0 Å². The Kier molecular flexibility index (Phi) is 4.87. The lowest BCUT2D eigenvalue weighted by Crippen LogP contribution is -2.57. The number of ether oxygens (including phenoxy) is 1. The molecule has 0 amide bonds. The molecule has 2 heterocycles. The number of benzene rings is 2. The lowest BCUT2D eigenvalue weighted by Gasteiger charge is -2.44. The second-order valence-electron chi connectivity index (χ2n) is 6.71. The van der Waals surface area contributed by atoms with Gasteiger partial charge in [-0.1, -0.05) is 18.2 Å². The van der Waals surface area contributed by atoms with E-state index >= 15 is 0 Å². The van der Waals surface area contributed by atoms with Crippen LogP contribution in [-0.2, 0) is 5.54 Å². The lowest BCUT2D eigenvalue weighted by molar-refractivity contribution is 0.332. The molecule has 1 saturated heterocycles. The van der Waals surface area contributed by atoms with E-state index in [-0.39, 0.29) is 17.5 Å². The number of thiophene rings is 1. The normalized spacial score (nSPS) is 21.6. The second kappa shape index (κ2) is 7.33. The van der Waals surface area contributed by atoms with Crippen LogP contribution >= 0.6 is 23.6 Å². The first-order chi connectivity index (χ1) is 13.5. The molecule has 0 bridgehead atoms. The zero-order valence-corrected chi connectivity index (χ0v) is 16.8. The molecule has 2 atom stereocenters. The van der Waals surface area contributed by atoms with Crippen LogP contribution in [0.4, 0.5) is 0 Å². The van der Waals surface area contributed by atoms with Gasteiger partial charge in [0.05, 0.1) is 18.7 Å². The fourth-order valence-electron chi connectivity index (χ4n) is 3.74. The first-order valence-electron chi connectivity index (χ1n) is 8.81. The van der Waals surface area contributed by atoms with Crippen LogP contribution in [0.5, 0.6) is 17.2 Å². The average Bonchev–Trinajstić information content (AvgIpc) is 3.22. The van der Waals surface area contributed by atoms with Gasteiger partial charge < -0.3 is 25.6 Å². The Morgan fingerprint density at radius 1 is 1.14 bits per heavy atom. The van der Waals surface area contributed by atoms with Gasteiger partial charge >= 0.3 is 0 Å². The molecule has 1 aliphatic heterocycles. The fraction of sp³-hybridized carbons (Fsp3) is 0.190. The Hall–Kier alpha value is -2.77. The first kappa shape index (κ1) is 18.6. The monoisotopic (exact) mass is 412 g/mol. The Morgan fingerprint density at radius 2 is 1.93 bits per heavy atom. The number of aromatic hydroxyl groups is 2. The minimum absolute atomic E-state index is 0.0101. The third-order valence-corrected chi connectivity index (χ3v) is 6.26. The van der Waals surface area contributed by atoms with Crippen molar-refractivity contribution in [1.29, 1.82) is 0 Å². The van der Waals surface area contributed by atoms with Gasteiger partial charge in [0.15, 0.2) is 5.11 Å². The van der Waals surface area contributed by atoms with Crippen molar-refractivity contribution in [3.8, 4) is 17.2 Å². The molecule has 4 rings (SSSR count). The van der Waals surface area contributed by atoms with Crippen molar-refractivity contribution < 1.29 is 14.9 Å². The van der Waals surface area contributed by atoms with Crippen molar-refractivity contribution in [3.63, 3.8) is 0 Å². The molecule has 1 fully saturated rings. The Labute approximate surface area is 172 Å². The van der Waals surface area contributed by atoms with E-state index in [1.54, 1.807) is 30.6 Å². The molecule has 0 saturated carbocycles. The Morgan fingerprint density at radius 3 is 2.57 bits per heavy atom. The molecule has 144 valence electrons. The topological polar surface area (TPSA) is 73.8 Å². The van der Waals surface area contributed by atoms with Crippen molar-refractivity contribution in [2.24, 2.45) is 0 Å². The number of methoxy groups -OCH3 is 1. The van der Waals surface area contributed by atoms with Gasteiger partial charge in [0.2, 0.25) is 0 Å². The van der Waals surface area contributed by atoms with Crippen molar-refractivity contribution in [2.45, 2.75) is 18.0 Å². The molecule has 3 aromatic rings. The van der Waals surface area contributed by atoms with Gasteiger partial charge in [0, 0.05) is 22.9 Å². The van der Waals surface area contributed by atoms with Gasteiger partial charge in [0.25, 0.3) is 0 Å². The highest BCUT2D eigenvalue weighted by atomic mass is 32.1. The smallest absolute Gasteiger partial charge is 0.167 e. The van der Waals surface area contributed by atoms with Crippen molar-refractivity contribution in [2.75, 3.05) is 7.11 Å². The van der Waals surface area contributed by atoms with Gasteiger partial charge in [-0.05, 0) is 53.5 Å². The highest BCUT2D eigenvalue weighted by Crippen LogP contribution is 2.45. The summed E-state index contributed by atoms with van der Waals surface area (Å²) in [7, 11) is 1.63. The van der Waals surface area contributed by atoms with E-state index in [2.05, 4.69) is 16.7 Å². The molecule has 0 radical (unpaired) electrons. The summed E-state index contributed by atoms with van der Waals surface area (Å²) >= 11 is 7.21. The molecule has 0 spiro atoms. The van der Waals surface area contributed by atoms with Crippen LogP contribution in [-0.4, -0.2) is 22.4 Å². The highest BCUT2D eigenvalue weighted by molar-refractivity contribution is 7.80. The lowest BCUT2D eigenvalue weighted by atomic mass is 9.76. The fourth-order valence-corrected chi connectivity index (χ4v) is 4.83. The molecule has 2 aromatic carbocycles. The number of rotatable bonds is 4. The molecule has 28 heavy (non-hydrogen) atoms. The van der Waals surface area contributed by atoms with Gasteiger partial charge in [0.1, 0.15) is 17.2 Å². The summed E-state index contributed by atoms with van der Waals surface area (Å²) in [5, 5.41) is 29.7. The van der Waals surface area contributed by atoms with Crippen LogP contribution in [0, 0.1) is 0 Å². The summed E-state index contributed by atoms with van der Waals surface area (Å²) < 4.78 is 5.30. The third-order valence-electron chi connectivity index (χ3n) is 5.05. The maximum absolute atomic E-state index is 10.7. The number of thiocarbonyl (C=S) groups is 1. The molecule has 5 nitrogen and oxygen atoms in total. The number of phenolic OH excluding ortho intramolecular Hbond substituents is 2. The van der Waals surface area contributed by atoms with Crippen LogP contribution in [0.25, 0.3) is 0 Å². The molecule has 1 aromatic heterocycles. The van der Waals surface area contributed by atoms with E-state index in [1.807, 2.05) is 35.7 Å². The predicted molar refractivity (Wildman–Crippen MR) is 114 cm³/mol. The summed E-state index contributed by atoms with van der Waals surface area (Å²) in [5.74, 6) is 0.774. The van der Waals surface area contributed by atoms with Crippen LogP contribution in [0.3, 0.4) is 0 Å². The number of hydrogen-bond acceptors (Lipinski definition) is 5. The van der Waals surface area contributed by atoms with Gasteiger partial charge in [-0.2, -0.15) is 0 Å². The summed E-state index contributed by atoms with van der Waals surface area (Å²) in [6, 6.07) is 16.5. The van der Waals surface area contributed by atoms with Crippen LogP contribution in [0.1, 0.15) is 28.5 Å². The standard InChI is InChI=1S/C21H20N2O3S2/c1-26-15-7-4-13(5-8-15)21(16-9-6-14(24)11-18(16)25)12-17(22-20(27)23-21)19-3-2-10-28-19/h2-11,17,24-25H,12H2,1H3,(H2,22,23,27)/t17-,21-/m0/s1. The summed E-state index contributed by atoms with van der Waals surface area (Å²) in [6.07, 6.45) is 0.623. The van der Waals surface area contributed by atoms with Crippen LogP contribution in [0.15, 0.2) is 60.0 Å². The predicted octanol–water partition coefficient (Wildman–Crippen LogP) is 4.02. The van der Waals surface area contributed by atoms with E-state index in [9.17, 15) is 10.2 Å². The Balaban J connectivity index is 1.88. The van der Waals surface area contributed by atoms with Gasteiger partial charge in [-0.25, -0.2) is 0 Å². The maximum atomic E-state index is 10.7. The van der Waals surface area contributed by atoms with E-state index in [1.165, 1.54) is 10.9 Å². The minimum atomic E-state index is -0.763. The third kappa shape index (κ3) is 3.27. The van der Waals surface area contributed by atoms with Gasteiger partial charge in [-0.15, -0.1) is 11.3 Å². The molecule has 7 heteroatoms. The SMILES string of the molecule is COc1ccc([C@]2(c3ccc(O)cc3O)C[C@@H](c3cccs3)NC(=S)N2)cc1. The molecule has 1 aliphatic rings. The molecular formula is C21H20N2O3S2. The van der Waals surface area contributed by atoms with Crippen molar-refractivity contribution >= 4 is 28.7 Å². The van der Waals surface area contributed by atoms with Gasteiger partial charge in [-0.3, -0.25) is 0 Å². The van der Waals surface area contributed by atoms with Crippen molar-refractivity contribution in [3.05, 3.63) is 76.0 Å². The van der Waals surface area contributed by atoms with E-state index < -0.39 is 5.54 Å². The quantitative estimate of drug-likeness (QED) is 0.485. The van der Waals surface area contributed by atoms with Crippen molar-refractivity contribution in [1.82, 2.24) is 10.6 Å². The summed E-state index contributed by atoms with van der Waals surface area (Å²) in [5.41, 5.74) is 0.835. The number of phenols is 2. The van der Waals surface area contributed by atoms with Crippen LogP contribution < -0.4 is 15.4 Å². The number of nitrogens with one attached hydrogen (secondary N) is 2. The minimum Gasteiger partial charge on any atom is -0.508 e. The number of hydrogen-bond donors (Lipinski definition) is 4. The van der Waals surface area contributed by atoms with E-state index in [0.717, 1.165) is 11.3 Å². The second-order valence-corrected chi connectivity index (χ2v) is 8.09. The molecule has 4 N–H and O–H groups in total. The first-order valence-corrected chi connectivity index (χ1v) is 10.1. The molecular weight excluding hydrogens is 392 g/mol. The Bertz CT molecular complexity index is 989. The molecule has 0 aliphatic carbocycles. The maximum Gasteiger partial charge on any atom is 0.167 e. The zero-order chi connectivity index (χ0) is 19.7. The average molecular weight is 413 g/mol. The summed E-state index contributed by atoms with van der Waals surface area (Å²) in [6.45, 7) is 0. The largest absolute Gasteiger partial charge is 0.508 e. The molecule has 0 unspecified atom stereocenters. The summed E-state index contributed by atoms with van der Waals surface area (Å²) in [4.78, 5) is 1.17. The van der Waals surface area contributed by atoms with E-state index in [0.29, 0.717) is 17.1 Å².